The van der Waals surface area contributed by atoms with Crippen molar-refractivity contribution in [2.24, 2.45) is 7.05 Å². The van der Waals surface area contributed by atoms with Gasteiger partial charge in [0.1, 0.15) is 6.33 Å². The number of carbonyl (C=O) groups excluding carboxylic acids is 2. The Morgan fingerprint density at radius 1 is 0.936 bits per heavy atom. The first-order chi connectivity index (χ1) is 22.9. The van der Waals surface area contributed by atoms with Crippen molar-refractivity contribution >= 4 is 23.6 Å². The van der Waals surface area contributed by atoms with Crippen LogP contribution in [0.15, 0.2) is 84.3 Å². The van der Waals surface area contributed by atoms with Crippen LogP contribution in [-0.2, 0) is 39.3 Å². The summed E-state index contributed by atoms with van der Waals surface area (Å²) in [5, 5.41) is 30.1. The van der Waals surface area contributed by atoms with Gasteiger partial charge in [-0.2, -0.15) is 0 Å². The van der Waals surface area contributed by atoms with E-state index < -0.39 is 12.2 Å². The number of hydrogen-bond acceptors (Lipinski definition) is 9. The molecule has 0 unspecified atom stereocenters. The maximum absolute atomic E-state index is 12.5. The summed E-state index contributed by atoms with van der Waals surface area (Å²) in [7, 11) is 1.92. The lowest BCUT2D eigenvalue weighted by Gasteiger charge is -2.36. The molecule has 0 bridgehead atoms. The second kappa shape index (κ2) is 17.2. The van der Waals surface area contributed by atoms with Crippen molar-refractivity contribution in [3.8, 4) is 11.1 Å². The van der Waals surface area contributed by atoms with Crippen LogP contribution in [0.25, 0.3) is 11.1 Å². The molecule has 0 radical (unpaired) electrons. The van der Waals surface area contributed by atoms with E-state index in [1.54, 1.807) is 23.6 Å². The summed E-state index contributed by atoms with van der Waals surface area (Å²) >= 11 is 1.60. The monoisotopic (exact) mass is 659 g/mol. The lowest BCUT2D eigenvalue weighted by atomic mass is 9.97. The Hall–Kier alpha value is -4.07. The number of carbonyl (C=O) groups is 2. The fraction of sp³-hybridized carbons (Fsp3) is 0.371. The van der Waals surface area contributed by atoms with Crippen LogP contribution in [0, 0.1) is 0 Å². The number of aryl methyl sites for hydroxylation is 1. The highest BCUT2D eigenvalue weighted by Crippen LogP contribution is 2.40. The van der Waals surface area contributed by atoms with Gasteiger partial charge in [-0.3, -0.25) is 14.8 Å². The van der Waals surface area contributed by atoms with Crippen molar-refractivity contribution in [3.05, 3.63) is 101 Å². The van der Waals surface area contributed by atoms with E-state index in [-0.39, 0.29) is 31.1 Å². The van der Waals surface area contributed by atoms with E-state index in [4.69, 9.17) is 14.7 Å². The second-order valence-electron chi connectivity index (χ2n) is 11.5. The highest BCUT2D eigenvalue weighted by atomic mass is 32.2. The number of nitrogens with one attached hydrogen (secondary N) is 2. The molecule has 0 spiro atoms. The number of unbranched alkanes of at least 4 members (excludes halogenated alkanes) is 2. The number of aromatic nitrogens is 3. The number of hydroxylamine groups is 1. The van der Waals surface area contributed by atoms with Crippen molar-refractivity contribution < 1.29 is 29.4 Å². The van der Waals surface area contributed by atoms with Crippen molar-refractivity contribution in [3.63, 3.8) is 0 Å². The smallest absolute Gasteiger partial charge is 0.243 e. The molecule has 4 N–H and O–H groups in total. The SMILES string of the molecule is Cn1cnnc1SC[C@@H]1C[C@H](c2ccc(CO)cc2)O[C@H](c2ccc(-c3ccccc3CNC(=O)CCCCCC(=O)NO)cc2)O1. The average molecular weight is 660 g/mol. The van der Waals surface area contributed by atoms with Gasteiger partial charge in [0.15, 0.2) is 11.4 Å². The Bertz CT molecular complexity index is 1600. The second-order valence-corrected chi connectivity index (χ2v) is 12.5. The van der Waals surface area contributed by atoms with Gasteiger partial charge in [-0.1, -0.05) is 91.0 Å². The molecule has 1 fully saturated rings. The first-order valence-electron chi connectivity index (χ1n) is 15.8. The molecule has 2 heterocycles. The third-order valence-electron chi connectivity index (χ3n) is 8.10. The Morgan fingerprint density at radius 2 is 1.66 bits per heavy atom. The minimum absolute atomic E-state index is 0.00853. The fourth-order valence-corrected chi connectivity index (χ4v) is 6.36. The predicted molar refractivity (Wildman–Crippen MR) is 177 cm³/mol. The maximum Gasteiger partial charge on any atom is 0.243 e. The minimum atomic E-state index is -0.571. The van der Waals surface area contributed by atoms with Crippen molar-refractivity contribution in [2.45, 2.75) is 75.3 Å². The molecule has 11 nitrogen and oxygen atoms in total. The molecule has 5 rings (SSSR count). The van der Waals surface area contributed by atoms with Crippen molar-refractivity contribution in [2.75, 3.05) is 5.75 Å². The van der Waals surface area contributed by atoms with Crippen LogP contribution in [0.5, 0.6) is 0 Å². The molecule has 47 heavy (non-hydrogen) atoms. The minimum Gasteiger partial charge on any atom is -0.392 e. The van der Waals surface area contributed by atoms with E-state index in [2.05, 4.69) is 15.5 Å². The van der Waals surface area contributed by atoms with E-state index in [9.17, 15) is 14.7 Å². The van der Waals surface area contributed by atoms with Gasteiger partial charge in [-0.25, -0.2) is 5.48 Å². The Balaban J connectivity index is 1.23. The largest absolute Gasteiger partial charge is 0.392 e. The zero-order valence-electron chi connectivity index (χ0n) is 26.4. The predicted octanol–water partition coefficient (Wildman–Crippen LogP) is 5.38. The molecular formula is C35H41N5O6S. The van der Waals surface area contributed by atoms with Crippen LogP contribution < -0.4 is 10.8 Å². The van der Waals surface area contributed by atoms with Crippen LogP contribution in [0.1, 0.15) is 73.2 Å². The maximum atomic E-state index is 12.5. The summed E-state index contributed by atoms with van der Waals surface area (Å²) in [4.78, 5) is 23.6. The third-order valence-corrected chi connectivity index (χ3v) is 9.27. The third kappa shape index (κ3) is 9.72. The van der Waals surface area contributed by atoms with Gasteiger partial charge in [-0.15, -0.1) is 10.2 Å². The lowest BCUT2D eigenvalue weighted by molar-refractivity contribution is -0.245. The summed E-state index contributed by atoms with van der Waals surface area (Å²) < 4.78 is 14.9. The summed E-state index contributed by atoms with van der Waals surface area (Å²) in [5.74, 6) is 0.237. The summed E-state index contributed by atoms with van der Waals surface area (Å²) in [5.41, 5.74) is 7.46. The molecule has 2 amide bonds. The van der Waals surface area contributed by atoms with Gasteiger partial charge in [-0.05, 0) is 40.7 Å². The number of thioether (sulfide) groups is 1. The number of amides is 2. The molecule has 3 aromatic carbocycles. The number of hydrogen-bond donors (Lipinski definition) is 4. The van der Waals surface area contributed by atoms with E-state index in [1.165, 1.54) is 0 Å². The molecule has 12 heteroatoms. The highest BCUT2D eigenvalue weighted by molar-refractivity contribution is 7.99. The summed E-state index contributed by atoms with van der Waals surface area (Å²) in [6, 6.07) is 24.0. The molecule has 0 aliphatic carbocycles. The molecule has 248 valence electrons. The molecule has 4 aromatic rings. The topological polar surface area (TPSA) is 148 Å². The van der Waals surface area contributed by atoms with E-state index in [0.29, 0.717) is 38.0 Å². The first-order valence-corrected chi connectivity index (χ1v) is 16.8. The Kier molecular flexibility index (Phi) is 12.5. The summed E-state index contributed by atoms with van der Waals surface area (Å²) in [6.07, 6.45) is 4.16. The Labute approximate surface area is 278 Å². The van der Waals surface area contributed by atoms with Gasteiger partial charge in [0.25, 0.3) is 0 Å². The van der Waals surface area contributed by atoms with Crippen LogP contribution in [0.4, 0.5) is 0 Å². The number of aliphatic hydroxyl groups is 1. The molecule has 3 atom stereocenters. The van der Waals surface area contributed by atoms with E-state index in [1.807, 2.05) is 84.4 Å². The zero-order valence-corrected chi connectivity index (χ0v) is 27.2. The van der Waals surface area contributed by atoms with Crippen LogP contribution in [0.3, 0.4) is 0 Å². The van der Waals surface area contributed by atoms with E-state index in [0.717, 1.165) is 45.0 Å². The van der Waals surface area contributed by atoms with Gasteiger partial charge < -0.3 is 24.5 Å². The van der Waals surface area contributed by atoms with Crippen molar-refractivity contribution in [1.29, 1.82) is 0 Å². The van der Waals surface area contributed by atoms with Gasteiger partial charge in [0.2, 0.25) is 11.8 Å². The van der Waals surface area contributed by atoms with Crippen LogP contribution in [-0.4, -0.2) is 48.7 Å². The van der Waals surface area contributed by atoms with E-state index >= 15 is 0 Å². The molecule has 0 saturated carbocycles. The molecule has 1 aliphatic heterocycles. The molecule has 1 saturated heterocycles. The zero-order chi connectivity index (χ0) is 33.0. The molecule has 1 aromatic heterocycles. The quantitative estimate of drug-likeness (QED) is 0.0571. The number of rotatable bonds is 15. The average Bonchev–Trinajstić information content (AvgIpc) is 3.53. The van der Waals surface area contributed by atoms with Gasteiger partial charge in [0, 0.05) is 44.2 Å². The summed E-state index contributed by atoms with van der Waals surface area (Å²) in [6.45, 7) is 0.394. The number of nitrogens with zero attached hydrogens (tertiary/aromatic N) is 3. The number of aliphatic hydroxyl groups excluding tert-OH is 1. The van der Waals surface area contributed by atoms with Gasteiger partial charge in [0.05, 0.1) is 18.8 Å². The molecule has 1 aliphatic rings. The van der Waals surface area contributed by atoms with Crippen molar-refractivity contribution in [1.82, 2.24) is 25.6 Å². The standard InChI is InChI=1S/C35H41N5O6S/c1-40-23-37-38-35(40)47-22-29-19-31(26-13-11-24(21-41)12-14-26)46-34(45-29)27-17-15-25(16-18-27)30-8-6-5-7-28(30)20-36-32(42)9-3-2-4-10-33(43)39-44/h5-8,11-18,23,29,31,34,41,44H,2-4,9-10,19-22H2,1H3,(H,36,42)(H,39,43)/t29-,31+,34+/m0/s1. The normalized spacial score (nSPS) is 17.7. The van der Waals surface area contributed by atoms with Crippen LogP contribution in [0.2, 0.25) is 0 Å². The lowest BCUT2D eigenvalue weighted by Crippen LogP contribution is -2.31. The fourth-order valence-electron chi connectivity index (χ4n) is 5.46. The highest BCUT2D eigenvalue weighted by Gasteiger charge is 2.32. The number of benzene rings is 3. The Morgan fingerprint density at radius 3 is 2.36 bits per heavy atom. The van der Waals surface area contributed by atoms with Crippen LogP contribution >= 0.6 is 11.8 Å². The molecular weight excluding hydrogens is 618 g/mol. The van der Waals surface area contributed by atoms with Gasteiger partial charge >= 0.3 is 0 Å². The number of ether oxygens (including phenoxy) is 2. The first kappa shape index (κ1) is 34.3.